The molecule has 0 atom stereocenters. The van der Waals surface area contributed by atoms with Gasteiger partial charge in [-0.2, -0.15) is 13.2 Å². The van der Waals surface area contributed by atoms with Crippen LogP contribution in [-0.4, -0.2) is 27.0 Å². The van der Waals surface area contributed by atoms with Crippen LogP contribution in [0.4, 0.5) is 13.2 Å². The number of carboxylic acid groups (broad SMARTS) is 1. The monoisotopic (exact) mass is 195 g/mol. The molecule has 0 aromatic rings. The minimum absolute atomic E-state index is 2.12. The van der Waals surface area contributed by atoms with Crippen molar-refractivity contribution in [2.75, 3.05) is 0 Å². The summed E-state index contributed by atoms with van der Waals surface area (Å²) in [5.41, 5.74) is 4.29. The lowest BCUT2D eigenvalue weighted by Gasteiger charge is -1.93. The maximum absolute atomic E-state index is 10.6. The second kappa shape index (κ2) is 5.25. The molecule has 0 radical (unpaired) electrons. The van der Waals surface area contributed by atoms with E-state index in [1.807, 2.05) is 0 Å². The smallest absolute Gasteiger partial charge is 0.475 e. The van der Waals surface area contributed by atoms with E-state index in [1.54, 1.807) is 0 Å². The number of carboxylic acids is 1. The molecule has 0 aromatic carbocycles. The second-order valence-corrected chi connectivity index (χ2v) is 1.76. The number of hydrogen-bond acceptors (Lipinski definition) is 4. The third-order valence-corrected chi connectivity index (χ3v) is 0.243. The Morgan fingerprint density at radius 3 is 1.45 bits per heavy atom. The standard InChI is InChI=1S/C2HF3O2.H4NO2P/c3-2(4,5)1(6)7;1-4(2)3/h(H,6,7);2-3H,1H2. The summed E-state index contributed by atoms with van der Waals surface area (Å²) in [5.74, 6) is -2.76. The summed E-state index contributed by atoms with van der Waals surface area (Å²) in [7, 11) is -2.12. The van der Waals surface area contributed by atoms with Crippen LogP contribution >= 0.6 is 8.53 Å². The van der Waals surface area contributed by atoms with Crippen molar-refractivity contribution in [2.45, 2.75) is 6.18 Å². The summed E-state index contributed by atoms with van der Waals surface area (Å²) in [6.45, 7) is 0. The van der Waals surface area contributed by atoms with Crippen LogP contribution in [0.1, 0.15) is 0 Å². The van der Waals surface area contributed by atoms with Crippen molar-refractivity contribution >= 4 is 14.5 Å². The van der Waals surface area contributed by atoms with Crippen LogP contribution in [0.5, 0.6) is 0 Å². The van der Waals surface area contributed by atoms with E-state index in [0.717, 1.165) is 0 Å². The molecule has 0 spiro atoms. The lowest BCUT2D eigenvalue weighted by Crippen LogP contribution is -2.21. The molecule has 5 nitrogen and oxygen atoms in total. The first-order chi connectivity index (χ1) is 4.68. The molecule has 0 aliphatic rings. The van der Waals surface area contributed by atoms with Gasteiger partial charge in [0.2, 0.25) is 8.53 Å². The Morgan fingerprint density at radius 2 is 1.45 bits per heavy atom. The van der Waals surface area contributed by atoms with Crippen LogP contribution in [0.2, 0.25) is 0 Å². The highest BCUT2D eigenvalue weighted by Crippen LogP contribution is 2.13. The molecule has 11 heavy (non-hydrogen) atoms. The fourth-order valence-corrected chi connectivity index (χ4v) is 0. The van der Waals surface area contributed by atoms with E-state index in [1.165, 1.54) is 0 Å². The van der Waals surface area contributed by atoms with Crippen molar-refractivity contribution in [1.29, 1.82) is 0 Å². The Bertz CT molecular complexity index is 122. The van der Waals surface area contributed by atoms with Crippen molar-refractivity contribution in [3.05, 3.63) is 0 Å². The van der Waals surface area contributed by atoms with E-state index >= 15 is 0 Å². The summed E-state index contributed by atoms with van der Waals surface area (Å²) in [6.07, 6.45) is -5.08. The van der Waals surface area contributed by atoms with Crippen molar-refractivity contribution in [1.82, 2.24) is 0 Å². The molecule has 0 unspecified atom stereocenters. The largest absolute Gasteiger partial charge is 0.490 e. The molecule has 0 aromatic heterocycles. The van der Waals surface area contributed by atoms with Crippen molar-refractivity contribution < 1.29 is 32.9 Å². The molecular formula is C2H5F3NO4P. The molecule has 0 saturated heterocycles. The SMILES string of the molecule is NP(O)O.O=C(O)C(F)(F)F. The highest BCUT2D eigenvalue weighted by molar-refractivity contribution is 7.42. The van der Waals surface area contributed by atoms with Gasteiger partial charge in [-0.05, 0) is 0 Å². The first-order valence-electron chi connectivity index (χ1n) is 1.90. The number of alkyl halides is 3. The molecule has 0 fully saturated rings. The van der Waals surface area contributed by atoms with Crippen LogP contribution < -0.4 is 5.50 Å². The van der Waals surface area contributed by atoms with Crippen LogP contribution in [0.25, 0.3) is 0 Å². The normalized spacial score (nSPS) is 10.5. The molecule has 9 heteroatoms. The van der Waals surface area contributed by atoms with Gasteiger partial charge in [-0.3, -0.25) is 5.50 Å². The van der Waals surface area contributed by atoms with Gasteiger partial charge in [0.05, 0.1) is 0 Å². The molecule has 0 heterocycles. The van der Waals surface area contributed by atoms with Crippen molar-refractivity contribution in [2.24, 2.45) is 5.50 Å². The fraction of sp³-hybridized carbons (Fsp3) is 0.500. The topological polar surface area (TPSA) is 104 Å². The zero-order chi connectivity index (χ0) is 9.65. The molecule has 0 bridgehead atoms. The molecular weight excluding hydrogens is 190 g/mol. The van der Waals surface area contributed by atoms with Gasteiger partial charge < -0.3 is 14.9 Å². The Balaban J connectivity index is 0. The van der Waals surface area contributed by atoms with Crippen molar-refractivity contribution in [3.8, 4) is 0 Å². The van der Waals surface area contributed by atoms with Crippen molar-refractivity contribution in [3.63, 3.8) is 0 Å². The van der Waals surface area contributed by atoms with Gasteiger partial charge in [0.1, 0.15) is 0 Å². The number of halogens is 3. The average molecular weight is 195 g/mol. The number of nitrogens with two attached hydrogens (primary N) is 1. The third kappa shape index (κ3) is 17.7. The van der Waals surface area contributed by atoms with Gasteiger partial charge in [-0.1, -0.05) is 0 Å². The molecule has 0 saturated carbocycles. The fourth-order valence-electron chi connectivity index (χ4n) is 0. The Kier molecular flexibility index (Phi) is 6.29. The molecule has 0 amide bonds. The maximum atomic E-state index is 10.6. The number of hydrogen-bond donors (Lipinski definition) is 4. The quantitative estimate of drug-likeness (QED) is 0.400. The number of rotatable bonds is 0. The predicted octanol–water partition coefficient (Wildman–Crippen LogP) is -0.210. The van der Waals surface area contributed by atoms with E-state index in [4.69, 9.17) is 19.7 Å². The first kappa shape index (κ1) is 13.2. The van der Waals surface area contributed by atoms with E-state index < -0.39 is 20.7 Å². The highest BCUT2D eigenvalue weighted by Gasteiger charge is 2.38. The summed E-state index contributed by atoms with van der Waals surface area (Å²) in [6, 6.07) is 0. The molecule has 0 aliphatic heterocycles. The van der Waals surface area contributed by atoms with Gasteiger partial charge in [0.15, 0.2) is 0 Å². The zero-order valence-corrected chi connectivity index (χ0v) is 5.80. The summed E-state index contributed by atoms with van der Waals surface area (Å²) in [4.78, 5) is 23.8. The summed E-state index contributed by atoms with van der Waals surface area (Å²) < 4.78 is 31.7. The lowest BCUT2D eigenvalue weighted by molar-refractivity contribution is -0.192. The van der Waals surface area contributed by atoms with Crippen LogP contribution in [0.15, 0.2) is 0 Å². The molecule has 0 rings (SSSR count). The summed E-state index contributed by atoms with van der Waals surface area (Å²) >= 11 is 0. The van der Waals surface area contributed by atoms with E-state index in [2.05, 4.69) is 5.50 Å². The highest BCUT2D eigenvalue weighted by atomic mass is 31.2. The molecule has 68 valence electrons. The predicted molar refractivity (Wildman–Crippen MR) is 29.2 cm³/mol. The molecule has 0 aliphatic carbocycles. The third-order valence-electron chi connectivity index (χ3n) is 0.243. The van der Waals surface area contributed by atoms with E-state index in [0.29, 0.717) is 0 Å². The van der Waals surface area contributed by atoms with Gasteiger partial charge >= 0.3 is 12.1 Å². The first-order valence-corrected chi connectivity index (χ1v) is 3.22. The number of carbonyl (C=O) groups is 1. The lowest BCUT2D eigenvalue weighted by atomic mass is 10.7. The minimum Gasteiger partial charge on any atom is -0.475 e. The van der Waals surface area contributed by atoms with Gasteiger partial charge in [-0.15, -0.1) is 0 Å². The Hall–Kier alpha value is -0.430. The van der Waals surface area contributed by atoms with E-state index in [9.17, 15) is 13.2 Å². The summed E-state index contributed by atoms with van der Waals surface area (Å²) in [5, 5.41) is 7.12. The van der Waals surface area contributed by atoms with Crippen LogP contribution in [0.3, 0.4) is 0 Å². The van der Waals surface area contributed by atoms with Gasteiger partial charge in [0.25, 0.3) is 0 Å². The molecule has 5 N–H and O–H groups in total. The number of aliphatic carboxylic acids is 1. The van der Waals surface area contributed by atoms with Crippen LogP contribution in [-0.2, 0) is 4.79 Å². The minimum atomic E-state index is -5.08. The maximum Gasteiger partial charge on any atom is 0.490 e. The average Bonchev–Trinajstić information content (AvgIpc) is 1.59. The Labute approximate surface area is 60.2 Å². The van der Waals surface area contributed by atoms with Crippen LogP contribution in [0, 0.1) is 0 Å². The van der Waals surface area contributed by atoms with Gasteiger partial charge in [-0.25, -0.2) is 4.79 Å². The second-order valence-electron chi connectivity index (χ2n) is 1.12. The van der Waals surface area contributed by atoms with Gasteiger partial charge in [0, 0.05) is 0 Å². The van der Waals surface area contributed by atoms with E-state index in [-0.39, 0.29) is 0 Å². The zero-order valence-electron chi connectivity index (χ0n) is 4.91. The Morgan fingerprint density at radius 1 is 1.36 bits per heavy atom.